The molecule has 0 aliphatic rings. The lowest BCUT2D eigenvalue weighted by Crippen LogP contribution is -2.35. The van der Waals surface area contributed by atoms with Crippen molar-refractivity contribution in [3.63, 3.8) is 0 Å². The first-order valence-electron chi connectivity index (χ1n) is 7.98. The van der Waals surface area contributed by atoms with Crippen LogP contribution in [0.25, 0.3) is 0 Å². The van der Waals surface area contributed by atoms with E-state index in [4.69, 9.17) is 21.1 Å². The van der Waals surface area contributed by atoms with Crippen molar-refractivity contribution in [1.29, 1.82) is 0 Å². The molecule has 1 N–H and O–H groups in total. The highest BCUT2D eigenvalue weighted by Crippen LogP contribution is 2.35. The molecule has 0 unspecified atom stereocenters. The van der Waals surface area contributed by atoms with E-state index in [1.165, 1.54) is 27.3 Å². The van der Waals surface area contributed by atoms with Crippen molar-refractivity contribution in [2.45, 2.75) is 0 Å². The van der Waals surface area contributed by atoms with Gasteiger partial charge in [0.2, 0.25) is 5.91 Å². The highest BCUT2D eigenvalue weighted by atomic mass is 35.5. The van der Waals surface area contributed by atoms with Crippen LogP contribution in [0.1, 0.15) is 10.4 Å². The Labute approximate surface area is 165 Å². The number of hydrogen-bond acceptors (Lipinski definition) is 6. The van der Waals surface area contributed by atoms with Crippen molar-refractivity contribution in [3.8, 4) is 11.5 Å². The number of nitrogens with zero attached hydrogens (tertiary/aromatic N) is 2. The molecule has 0 spiro atoms. The van der Waals surface area contributed by atoms with Gasteiger partial charge in [-0.15, -0.1) is 0 Å². The molecule has 0 heterocycles. The standard InChI is InChI=1S/C18H18ClN3O6/c1-21(10-17(23)20-12-6-4-11(19)5-7-12)18(24)13-8-15(27-2)16(28-3)9-14(13)22(25)26/h4-9H,10H2,1-3H3,(H,20,23). The second-order valence-electron chi connectivity index (χ2n) is 5.70. The highest BCUT2D eigenvalue weighted by molar-refractivity contribution is 6.30. The Morgan fingerprint density at radius 3 is 2.25 bits per heavy atom. The first kappa shape index (κ1) is 21.0. The Balaban J connectivity index is 2.20. The summed E-state index contributed by atoms with van der Waals surface area (Å²) in [5, 5.41) is 14.5. The summed E-state index contributed by atoms with van der Waals surface area (Å²) in [6.45, 7) is -0.313. The monoisotopic (exact) mass is 407 g/mol. The van der Waals surface area contributed by atoms with Gasteiger partial charge in [0.1, 0.15) is 5.56 Å². The normalized spacial score (nSPS) is 10.1. The molecule has 2 aromatic carbocycles. The van der Waals surface area contributed by atoms with Crippen molar-refractivity contribution < 1.29 is 24.0 Å². The Kier molecular flexibility index (Phi) is 6.78. The quantitative estimate of drug-likeness (QED) is 0.558. The molecular formula is C18H18ClN3O6. The van der Waals surface area contributed by atoms with Crippen molar-refractivity contribution >= 4 is 34.8 Å². The second-order valence-corrected chi connectivity index (χ2v) is 6.13. The minimum Gasteiger partial charge on any atom is -0.493 e. The highest BCUT2D eigenvalue weighted by Gasteiger charge is 2.27. The number of likely N-dealkylation sites (N-methyl/N-ethyl adjacent to an activating group) is 1. The number of carbonyl (C=O) groups is 2. The zero-order valence-corrected chi connectivity index (χ0v) is 16.1. The van der Waals surface area contributed by atoms with Crippen LogP contribution in [0.4, 0.5) is 11.4 Å². The van der Waals surface area contributed by atoms with Gasteiger partial charge in [0.05, 0.1) is 31.8 Å². The van der Waals surface area contributed by atoms with Gasteiger partial charge in [0, 0.05) is 23.8 Å². The topological polar surface area (TPSA) is 111 Å². The second kappa shape index (κ2) is 9.05. The molecule has 0 radical (unpaired) electrons. The third-order valence-corrected chi connectivity index (χ3v) is 4.04. The molecule has 0 saturated heterocycles. The molecule has 2 amide bonds. The van der Waals surface area contributed by atoms with E-state index in [2.05, 4.69) is 5.32 Å². The minimum atomic E-state index is -0.709. The molecule has 0 aliphatic heterocycles. The number of halogens is 1. The molecular weight excluding hydrogens is 390 g/mol. The first-order chi connectivity index (χ1) is 13.3. The van der Waals surface area contributed by atoms with E-state index < -0.39 is 22.4 Å². The van der Waals surface area contributed by atoms with Gasteiger partial charge in [-0.25, -0.2) is 0 Å². The van der Waals surface area contributed by atoms with Crippen LogP contribution in [-0.2, 0) is 4.79 Å². The van der Waals surface area contributed by atoms with Crippen LogP contribution in [0.5, 0.6) is 11.5 Å². The molecule has 0 bridgehead atoms. The summed E-state index contributed by atoms with van der Waals surface area (Å²) in [5.74, 6) is -0.899. The number of amides is 2. The van der Waals surface area contributed by atoms with Gasteiger partial charge in [0.15, 0.2) is 11.5 Å². The number of rotatable bonds is 7. The summed E-state index contributed by atoms with van der Waals surface area (Å²) >= 11 is 5.79. The third kappa shape index (κ3) is 4.89. The molecule has 2 aromatic rings. The number of methoxy groups -OCH3 is 2. The summed E-state index contributed by atoms with van der Waals surface area (Å²) in [5.41, 5.74) is -0.163. The molecule has 0 aliphatic carbocycles. The zero-order valence-electron chi connectivity index (χ0n) is 15.4. The average molecular weight is 408 g/mol. The van der Waals surface area contributed by atoms with Gasteiger partial charge in [-0.3, -0.25) is 19.7 Å². The molecule has 28 heavy (non-hydrogen) atoms. The van der Waals surface area contributed by atoms with E-state index in [-0.39, 0.29) is 23.6 Å². The predicted octanol–water partition coefficient (Wildman–Crippen LogP) is 2.98. The first-order valence-corrected chi connectivity index (χ1v) is 8.36. The fourth-order valence-electron chi connectivity index (χ4n) is 2.42. The van der Waals surface area contributed by atoms with Crippen LogP contribution < -0.4 is 14.8 Å². The predicted molar refractivity (Wildman–Crippen MR) is 103 cm³/mol. The molecule has 0 fully saturated rings. The van der Waals surface area contributed by atoms with E-state index in [1.54, 1.807) is 24.3 Å². The van der Waals surface area contributed by atoms with Crippen LogP contribution in [0.15, 0.2) is 36.4 Å². The van der Waals surface area contributed by atoms with Gasteiger partial charge < -0.3 is 19.7 Å². The fraction of sp³-hybridized carbons (Fsp3) is 0.222. The number of nitrogens with one attached hydrogen (secondary N) is 1. The number of hydrogen-bond donors (Lipinski definition) is 1. The lowest BCUT2D eigenvalue weighted by Gasteiger charge is -2.18. The summed E-state index contributed by atoms with van der Waals surface area (Å²) in [7, 11) is 4.04. The maximum Gasteiger partial charge on any atom is 0.286 e. The number of nitro groups is 1. The van der Waals surface area contributed by atoms with Crippen molar-refractivity contribution in [2.75, 3.05) is 33.1 Å². The van der Waals surface area contributed by atoms with Crippen LogP contribution >= 0.6 is 11.6 Å². The summed E-state index contributed by atoms with van der Waals surface area (Å²) in [6, 6.07) is 8.76. The number of nitro benzene ring substituents is 1. The molecule has 2 rings (SSSR count). The lowest BCUT2D eigenvalue weighted by molar-refractivity contribution is -0.385. The smallest absolute Gasteiger partial charge is 0.286 e. The summed E-state index contributed by atoms with van der Waals surface area (Å²) < 4.78 is 10.1. The number of anilines is 1. The van der Waals surface area contributed by atoms with Gasteiger partial charge in [-0.1, -0.05) is 11.6 Å². The molecule has 148 valence electrons. The van der Waals surface area contributed by atoms with Crippen molar-refractivity contribution in [2.24, 2.45) is 0 Å². The summed E-state index contributed by atoms with van der Waals surface area (Å²) in [4.78, 5) is 36.6. The lowest BCUT2D eigenvalue weighted by atomic mass is 10.1. The number of benzene rings is 2. The van der Waals surface area contributed by atoms with Crippen LogP contribution in [0.3, 0.4) is 0 Å². The fourth-order valence-corrected chi connectivity index (χ4v) is 2.54. The SMILES string of the molecule is COc1cc(C(=O)N(C)CC(=O)Nc2ccc(Cl)cc2)c([N+](=O)[O-])cc1OC. The van der Waals surface area contributed by atoms with Gasteiger partial charge in [-0.2, -0.15) is 0 Å². The Bertz CT molecular complexity index is 901. The largest absolute Gasteiger partial charge is 0.493 e. The molecule has 0 saturated carbocycles. The minimum absolute atomic E-state index is 0.119. The third-order valence-electron chi connectivity index (χ3n) is 3.78. The number of carbonyl (C=O) groups excluding carboxylic acids is 2. The Hall–Kier alpha value is -3.33. The van der Waals surface area contributed by atoms with Crippen LogP contribution in [0.2, 0.25) is 5.02 Å². The summed E-state index contributed by atoms with van der Waals surface area (Å²) in [6.07, 6.45) is 0. The van der Waals surface area contributed by atoms with Crippen molar-refractivity contribution in [3.05, 3.63) is 57.1 Å². The maximum atomic E-state index is 12.7. The van der Waals surface area contributed by atoms with Crippen LogP contribution in [0, 0.1) is 10.1 Å². The van der Waals surface area contributed by atoms with Gasteiger partial charge in [0.25, 0.3) is 11.6 Å². The van der Waals surface area contributed by atoms with E-state index in [0.717, 1.165) is 11.0 Å². The Morgan fingerprint density at radius 1 is 1.14 bits per heavy atom. The zero-order chi connectivity index (χ0) is 20.8. The van der Waals surface area contributed by atoms with Crippen LogP contribution in [-0.4, -0.2) is 49.4 Å². The molecule has 9 nitrogen and oxygen atoms in total. The Morgan fingerprint density at radius 2 is 1.71 bits per heavy atom. The van der Waals surface area contributed by atoms with E-state index in [1.807, 2.05) is 0 Å². The molecule has 10 heteroatoms. The van der Waals surface area contributed by atoms with Gasteiger partial charge >= 0.3 is 0 Å². The van der Waals surface area contributed by atoms with E-state index in [9.17, 15) is 19.7 Å². The van der Waals surface area contributed by atoms with E-state index >= 15 is 0 Å². The van der Waals surface area contributed by atoms with Crippen molar-refractivity contribution in [1.82, 2.24) is 4.90 Å². The average Bonchev–Trinajstić information content (AvgIpc) is 2.67. The van der Waals surface area contributed by atoms with Gasteiger partial charge in [-0.05, 0) is 24.3 Å². The van der Waals surface area contributed by atoms with E-state index in [0.29, 0.717) is 10.7 Å². The molecule has 0 aromatic heterocycles. The molecule has 0 atom stereocenters. The number of ether oxygens (including phenoxy) is 2. The maximum absolute atomic E-state index is 12.7.